The number of nitrogens with zero attached hydrogens (tertiary/aromatic N) is 2. The van der Waals surface area contributed by atoms with E-state index in [0.717, 1.165) is 12.0 Å². The second-order valence-electron chi connectivity index (χ2n) is 8.65. The predicted octanol–water partition coefficient (Wildman–Crippen LogP) is 3.23. The number of aryl methyl sites for hydroxylation is 1. The number of carbonyl (C=O) groups excluding carboxylic acids is 2. The van der Waals surface area contributed by atoms with E-state index >= 15 is 0 Å². The van der Waals surface area contributed by atoms with Crippen LogP contribution >= 0.6 is 0 Å². The quantitative estimate of drug-likeness (QED) is 0.122. The number of Topliss-reactive ketones (excluding diaryl/α,β-unsaturated/α-hetero) is 1. The van der Waals surface area contributed by atoms with Crippen LogP contribution in [0.3, 0.4) is 0 Å². The van der Waals surface area contributed by atoms with Crippen LogP contribution in [-0.2, 0) is 26.8 Å². The number of rotatable bonds is 12. The molecule has 11 heteroatoms. The fourth-order valence-electron chi connectivity index (χ4n) is 3.93. The Morgan fingerprint density at radius 2 is 1.68 bits per heavy atom. The molecule has 0 bridgehead atoms. The molecule has 3 aromatic carbocycles. The molecule has 1 radical (unpaired) electrons. The minimum Gasteiger partial charge on any atom is -0.434 e. The molecule has 0 fully saturated rings. The van der Waals surface area contributed by atoms with Crippen molar-refractivity contribution in [2.24, 2.45) is 5.84 Å². The zero-order chi connectivity index (χ0) is 27.1. The summed E-state index contributed by atoms with van der Waals surface area (Å²) >= 11 is 0. The van der Waals surface area contributed by atoms with Gasteiger partial charge in [-0.1, -0.05) is 60.7 Å². The Hall–Kier alpha value is -4.38. The number of nitrogens with two attached hydrogens (primary N) is 1. The van der Waals surface area contributed by atoms with E-state index in [1.165, 1.54) is 12.1 Å². The second-order valence-corrected chi connectivity index (χ2v) is 10.8. The van der Waals surface area contributed by atoms with Crippen LogP contribution in [0, 0.1) is 11.3 Å². The van der Waals surface area contributed by atoms with Gasteiger partial charge in [0.25, 0.3) is 11.6 Å². The van der Waals surface area contributed by atoms with Crippen molar-refractivity contribution in [3.63, 3.8) is 0 Å². The van der Waals surface area contributed by atoms with Gasteiger partial charge in [0.2, 0.25) is 11.7 Å². The van der Waals surface area contributed by atoms with Crippen molar-refractivity contribution in [1.29, 1.82) is 0 Å². The summed E-state index contributed by atoms with van der Waals surface area (Å²) in [5.74, 6) is 2.78. The SMILES string of the molecule is N[N+](=O)c1ccccc1CS(=O)(=O)C[CH]C(=O)N[C@@H](CCc1ccccc1)C(=O)c1nc2ccccc2o1. The molecule has 4 rings (SSSR count). The molecule has 195 valence electrons. The highest BCUT2D eigenvalue weighted by Gasteiger charge is 2.28. The van der Waals surface area contributed by atoms with Crippen LogP contribution in [0.5, 0.6) is 0 Å². The molecule has 10 nitrogen and oxygen atoms in total. The lowest BCUT2D eigenvalue weighted by Crippen LogP contribution is -2.42. The van der Waals surface area contributed by atoms with Crippen LogP contribution in [0.4, 0.5) is 5.69 Å². The van der Waals surface area contributed by atoms with Crippen molar-refractivity contribution >= 4 is 38.3 Å². The number of aromatic nitrogens is 1. The van der Waals surface area contributed by atoms with E-state index in [2.05, 4.69) is 10.3 Å². The van der Waals surface area contributed by atoms with Crippen LogP contribution < -0.4 is 11.2 Å². The first-order chi connectivity index (χ1) is 18.2. The maximum absolute atomic E-state index is 13.3. The van der Waals surface area contributed by atoms with E-state index in [-0.39, 0.29) is 28.4 Å². The first kappa shape index (κ1) is 26.7. The topological polar surface area (TPSA) is 152 Å². The van der Waals surface area contributed by atoms with Crippen LogP contribution in [-0.4, -0.2) is 41.8 Å². The van der Waals surface area contributed by atoms with Crippen LogP contribution in [0.25, 0.3) is 11.1 Å². The number of nitrogens with one attached hydrogen (secondary N) is 1. The van der Waals surface area contributed by atoms with Gasteiger partial charge >= 0.3 is 0 Å². The van der Waals surface area contributed by atoms with Gasteiger partial charge in [0.15, 0.2) is 20.3 Å². The number of carbonyl (C=O) groups is 2. The zero-order valence-corrected chi connectivity index (χ0v) is 21.1. The molecule has 0 spiro atoms. The van der Waals surface area contributed by atoms with Crippen molar-refractivity contribution in [2.75, 3.05) is 5.75 Å². The van der Waals surface area contributed by atoms with E-state index in [1.807, 2.05) is 30.3 Å². The Bertz CT molecular complexity index is 1530. The zero-order valence-electron chi connectivity index (χ0n) is 20.3. The smallest absolute Gasteiger partial charge is 0.295 e. The number of nitroso groups, excluding NO2 is 1. The molecule has 1 heterocycles. The molecule has 0 saturated carbocycles. The van der Waals surface area contributed by atoms with Gasteiger partial charge in [-0.15, -0.1) is 0 Å². The van der Waals surface area contributed by atoms with Crippen LogP contribution in [0.1, 0.15) is 28.2 Å². The molecule has 0 unspecified atom stereocenters. The van der Waals surface area contributed by atoms with E-state index in [9.17, 15) is 22.9 Å². The maximum atomic E-state index is 13.3. The molecule has 38 heavy (non-hydrogen) atoms. The van der Waals surface area contributed by atoms with Gasteiger partial charge in [-0.05, 0) is 30.5 Å². The van der Waals surface area contributed by atoms with Crippen molar-refractivity contribution in [1.82, 2.24) is 10.3 Å². The lowest BCUT2D eigenvalue weighted by Gasteiger charge is -2.16. The van der Waals surface area contributed by atoms with Crippen LogP contribution in [0.15, 0.2) is 83.3 Å². The maximum Gasteiger partial charge on any atom is 0.295 e. The first-order valence-corrected chi connectivity index (χ1v) is 13.6. The Morgan fingerprint density at radius 1 is 1.00 bits per heavy atom. The number of ketones is 1. The molecule has 4 aromatic rings. The van der Waals surface area contributed by atoms with Crippen molar-refractivity contribution in [3.8, 4) is 0 Å². The van der Waals surface area contributed by atoms with E-state index in [4.69, 9.17) is 10.3 Å². The highest BCUT2D eigenvalue weighted by molar-refractivity contribution is 7.90. The number of hydrazine groups is 1. The average molecular weight is 535 g/mol. The minimum atomic E-state index is -3.82. The average Bonchev–Trinajstić information content (AvgIpc) is 3.34. The molecule has 3 N–H and O–H groups in total. The summed E-state index contributed by atoms with van der Waals surface area (Å²) in [7, 11) is -3.82. The van der Waals surface area contributed by atoms with E-state index < -0.39 is 39.1 Å². The molecule has 1 amide bonds. The lowest BCUT2D eigenvalue weighted by atomic mass is 10.0. The normalized spacial score (nSPS) is 12.2. The summed E-state index contributed by atoms with van der Waals surface area (Å²) in [6.45, 7) is 0. The summed E-state index contributed by atoms with van der Waals surface area (Å²) in [6.07, 6.45) is 1.69. The van der Waals surface area contributed by atoms with E-state index in [0.29, 0.717) is 17.5 Å². The predicted molar refractivity (Wildman–Crippen MR) is 141 cm³/mol. The van der Waals surface area contributed by atoms with Crippen molar-refractivity contribution in [3.05, 3.63) is 107 Å². The minimum absolute atomic E-state index is 0.0189. The summed E-state index contributed by atoms with van der Waals surface area (Å²) in [4.78, 5) is 41.9. The Balaban J connectivity index is 1.44. The van der Waals surface area contributed by atoms with Gasteiger partial charge in [0.05, 0.1) is 28.9 Å². The molecule has 0 aliphatic heterocycles. The molecule has 0 saturated heterocycles. The lowest BCUT2D eigenvalue weighted by molar-refractivity contribution is -0.475. The van der Waals surface area contributed by atoms with Gasteiger partial charge in [0.1, 0.15) is 5.52 Å². The number of amides is 1. The number of hydrogen-bond acceptors (Lipinski definition) is 7. The third kappa shape index (κ3) is 6.88. The summed E-state index contributed by atoms with van der Waals surface area (Å²) in [5, 5.41) is 2.61. The number of oxazole rings is 1. The van der Waals surface area contributed by atoms with Gasteiger partial charge in [-0.25, -0.2) is 13.4 Å². The first-order valence-electron chi connectivity index (χ1n) is 11.8. The Labute approximate surface area is 219 Å². The van der Waals surface area contributed by atoms with Crippen molar-refractivity contribution < 1.29 is 27.3 Å². The molecule has 0 aliphatic rings. The third-order valence-electron chi connectivity index (χ3n) is 5.83. The molecular weight excluding hydrogens is 508 g/mol. The Morgan fingerprint density at radius 3 is 2.42 bits per heavy atom. The van der Waals surface area contributed by atoms with Crippen LogP contribution in [0.2, 0.25) is 0 Å². The third-order valence-corrected chi connectivity index (χ3v) is 7.25. The number of fused-ring (bicyclic) bond motifs is 1. The molecule has 1 aromatic heterocycles. The summed E-state index contributed by atoms with van der Waals surface area (Å²) in [6, 6.07) is 21.4. The summed E-state index contributed by atoms with van der Waals surface area (Å²) < 4.78 is 30.9. The van der Waals surface area contributed by atoms with Gasteiger partial charge < -0.3 is 9.73 Å². The highest BCUT2D eigenvalue weighted by Crippen LogP contribution is 2.20. The van der Waals surface area contributed by atoms with E-state index in [1.54, 1.807) is 36.4 Å². The largest absolute Gasteiger partial charge is 0.434 e. The summed E-state index contributed by atoms with van der Waals surface area (Å²) in [5.41, 5.74) is 2.15. The number of benzene rings is 3. The Kier molecular flexibility index (Phi) is 8.27. The van der Waals surface area contributed by atoms with Gasteiger partial charge in [0, 0.05) is 11.6 Å². The molecular formula is C27H26N4O6S+. The number of sulfone groups is 1. The molecule has 0 aliphatic carbocycles. The van der Waals surface area contributed by atoms with Crippen molar-refractivity contribution in [2.45, 2.75) is 24.6 Å². The molecule has 1 atom stereocenters. The number of hydrogen-bond donors (Lipinski definition) is 2. The monoisotopic (exact) mass is 534 g/mol. The highest BCUT2D eigenvalue weighted by atomic mass is 32.2. The second kappa shape index (κ2) is 11.8. The number of para-hydroxylation sites is 3. The fourth-order valence-corrected chi connectivity index (χ4v) is 5.17. The van der Waals surface area contributed by atoms with Gasteiger partial charge in [-0.3, -0.25) is 9.59 Å². The fraction of sp³-hybridized carbons (Fsp3) is 0.185. The standard InChI is InChI=1S/C27H25N4O6S/c28-31(34)23-12-6-4-10-20(23)18-38(35,36)17-16-25(32)29-22(15-14-19-8-2-1-3-9-19)26(33)27-30-21-11-5-7-13-24(21)37-27/h1-13,16,22H,14-15,17-18H2,(H2-,28,29,32,34)/p+1/t22-/m0/s1. The van der Waals surface area contributed by atoms with Gasteiger partial charge in [-0.2, -0.15) is 5.84 Å².